The fourth-order valence-corrected chi connectivity index (χ4v) is 3.69. The highest BCUT2D eigenvalue weighted by atomic mass is 16.6. The molecule has 0 spiro atoms. The van der Waals surface area contributed by atoms with Gasteiger partial charge in [-0.1, -0.05) is 57.2 Å². The van der Waals surface area contributed by atoms with Crippen molar-refractivity contribution in [2.45, 2.75) is 39.4 Å². The number of benzene rings is 3. The summed E-state index contributed by atoms with van der Waals surface area (Å²) in [6.45, 7) is 8.35. The molecule has 6 heteroatoms. The molecular weight excluding hydrogens is 456 g/mol. The van der Waals surface area contributed by atoms with Crippen LogP contribution in [0.2, 0.25) is 0 Å². The fourth-order valence-electron chi connectivity index (χ4n) is 3.69. The van der Waals surface area contributed by atoms with Gasteiger partial charge in [0.2, 0.25) is 0 Å². The predicted molar refractivity (Wildman–Crippen MR) is 139 cm³/mol. The van der Waals surface area contributed by atoms with Crippen molar-refractivity contribution >= 4 is 12.0 Å². The van der Waals surface area contributed by atoms with Gasteiger partial charge in [-0.15, -0.1) is 0 Å². The molecule has 188 valence electrons. The summed E-state index contributed by atoms with van der Waals surface area (Å²) in [4.78, 5) is 11.3. The zero-order valence-corrected chi connectivity index (χ0v) is 21.2. The van der Waals surface area contributed by atoms with Gasteiger partial charge in [-0.05, 0) is 46.4 Å². The first-order chi connectivity index (χ1) is 17.3. The lowest BCUT2D eigenvalue weighted by Gasteiger charge is -2.22. The molecule has 0 fully saturated rings. The summed E-state index contributed by atoms with van der Waals surface area (Å²) in [5, 5.41) is 0. The number of carbonyl (C=O) groups is 1. The third-order valence-corrected chi connectivity index (χ3v) is 5.83. The van der Waals surface area contributed by atoms with Crippen LogP contribution < -0.4 is 18.9 Å². The van der Waals surface area contributed by atoms with Crippen molar-refractivity contribution in [2.24, 2.45) is 0 Å². The predicted octanol–water partition coefficient (Wildman–Crippen LogP) is 6.10. The highest BCUT2D eigenvalue weighted by molar-refractivity contribution is 5.86. The Labute approximate surface area is 212 Å². The molecule has 0 saturated carbocycles. The Hall–Kier alpha value is -3.93. The third-order valence-electron chi connectivity index (χ3n) is 5.83. The summed E-state index contributed by atoms with van der Waals surface area (Å²) >= 11 is 0. The smallest absolute Gasteiger partial charge is 0.330 e. The number of methoxy groups -OCH3 is 1. The lowest BCUT2D eigenvalue weighted by Crippen LogP contribution is -2.16. The number of carbonyl (C=O) groups excluding carboxylic acids is 1. The van der Waals surface area contributed by atoms with Crippen LogP contribution in [-0.4, -0.2) is 26.3 Å². The monoisotopic (exact) mass is 488 g/mol. The Kier molecular flexibility index (Phi) is 7.84. The van der Waals surface area contributed by atoms with E-state index >= 15 is 0 Å². The van der Waals surface area contributed by atoms with Crippen LogP contribution in [0.25, 0.3) is 6.08 Å². The number of esters is 1. The van der Waals surface area contributed by atoms with E-state index in [9.17, 15) is 4.79 Å². The van der Waals surface area contributed by atoms with Crippen molar-refractivity contribution in [2.75, 3.05) is 20.3 Å². The summed E-state index contributed by atoms with van der Waals surface area (Å²) in [6, 6.07) is 19.7. The Morgan fingerprint density at radius 2 is 1.56 bits per heavy atom. The first-order valence-corrected chi connectivity index (χ1v) is 12.0. The van der Waals surface area contributed by atoms with E-state index < -0.39 is 5.97 Å². The van der Waals surface area contributed by atoms with E-state index in [1.54, 1.807) is 6.08 Å². The second-order valence-electron chi connectivity index (χ2n) is 9.55. The minimum absolute atomic E-state index is 0.107. The molecule has 4 rings (SSSR count). The van der Waals surface area contributed by atoms with E-state index in [0.717, 1.165) is 16.7 Å². The Bertz CT molecular complexity index is 1200. The molecule has 0 amide bonds. The topological polar surface area (TPSA) is 63.2 Å². The van der Waals surface area contributed by atoms with Crippen LogP contribution in [0.4, 0.5) is 0 Å². The lowest BCUT2D eigenvalue weighted by molar-refractivity contribution is -0.134. The zero-order valence-electron chi connectivity index (χ0n) is 21.2. The fraction of sp³-hybridized carbons (Fsp3) is 0.300. The molecular formula is C30H32O6. The molecule has 0 aromatic heterocycles. The quantitative estimate of drug-likeness (QED) is 0.282. The number of hydrogen-bond donors (Lipinski definition) is 0. The van der Waals surface area contributed by atoms with E-state index in [-0.39, 0.29) is 5.41 Å². The molecule has 3 aromatic rings. The minimum Gasteiger partial charge on any atom is -0.489 e. The maximum absolute atomic E-state index is 11.3. The largest absolute Gasteiger partial charge is 0.489 e. The molecule has 0 N–H and O–H groups in total. The molecule has 0 bridgehead atoms. The van der Waals surface area contributed by atoms with Crippen LogP contribution in [0.5, 0.6) is 23.0 Å². The van der Waals surface area contributed by atoms with Crippen molar-refractivity contribution in [1.29, 1.82) is 0 Å². The van der Waals surface area contributed by atoms with Gasteiger partial charge in [-0.2, -0.15) is 0 Å². The average molecular weight is 489 g/mol. The second kappa shape index (κ2) is 11.2. The van der Waals surface area contributed by atoms with Crippen molar-refractivity contribution in [3.05, 3.63) is 89.0 Å². The van der Waals surface area contributed by atoms with E-state index in [4.69, 9.17) is 18.9 Å². The number of rotatable bonds is 8. The van der Waals surface area contributed by atoms with Gasteiger partial charge in [0, 0.05) is 17.7 Å². The minimum atomic E-state index is -0.397. The number of fused-ring (bicyclic) bond motifs is 1. The van der Waals surface area contributed by atoms with E-state index in [1.165, 1.54) is 18.7 Å². The molecule has 6 nitrogen and oxygen atoms in total. The van der Waals surface area contributed by atoms with E-state index in [0.29, 0.717) is 49.4 Å². The average Bonchev–Trinajstić information content (AvgIpc) is 2.89. The van der Waals surface area contributed by atoms with Crippen molar-refractivity contribution in [3.63, 3.8) is 0 Å². The van der Waals surface area contributed by atoms with Gasteiger partial charge in [0.15, 0.2) is 11.5 Å². The zero-order chi connectivity index (χ0) is 25.5. The molecule has 0 aliphatic carbocycles. The standard InChI is InChI=1S/C30H32O6/c1-30(2,3)24-10-5-22(6-11-24)19-36-26-18-28-27(33-15-16-34-28)17-23(26)20-35-25-12-7-21(8-13-25)9-14-29(31)32-4/h5-14,17-18H,15-16,19-20H2,1-4H3/b14-9+. The molecule has 0 radical (unpaired) electrons. The first kappa shape index (κ1) is 25.2. The van der Waals surface area contributed by atoms with Gasteiger partial charge < -0.3 is 23.7 Å². The van der Waals surface area contributed by atoms with Crippen LogP contribution in [-0.2, 0) is 28.2 Å². The van der Waals surface area contributed by atoms with Crippen LogP contribution >= 0.6 is 0 Å². The van der Waals surface area contributed by atoms with Crippen LogP contribution in [0.1, 0.15) is 43.0 Å². The van der Waals surface area contributed by atoms with E-state index in [2.05, 4.69) is 49.8 Å². The number of hydrogen-bond acceptors (Lipinski definition) is 6. The third kappa shape index (κ3) is 6.60. The molecule has 0 unspecified atom stereocenters. The Morgan fingerprint density at radius 1 is 0.889 bits per heavy atom. The van der Waals surface area contributed by atoms with Gasteiger partial charge in [0.1, 0.15) is 37.9 Å². The molecule has 1 heterocycles. The molecule has 1 aliphatic heterocycles. The van der Waals surface area contributed by atoms with Gasteiger partial charge >= 0.3 is 5.97 Å². The molecule has 36 heavy (non-hydrogen) atoms. The van der Waals surface area contributed by atoms with Gasteiger partial charge in [-0.25, -0.2) is 4.79 Å². The first-order valence-electron chi connectivity index (χ1n) is 12.0. The van der Waals surface area contributed by atoms with Crippen LogP contribution in [0.3, 0.4) is 0 Å². The summed E-state index contributed by atoms with van der Waals surface area (Å²) < 4.78 is 28.4. The molecule has 0 atom stereocenters. The normalized spacial score (nSPS) is 12.9. The summed E-state index contributed by atoms with van der Waals surface area (Å²) in [7, 11) is 1.35. The van der Waals surface area contributed by atoms with Crippen molar-refractivity contribution in [3.8, 4) is 23.0 Å². The Morgan fingerprint density at radius 3 is 2.19 bits per heavy atom. The van der Waals surface area contributed by atoms with Crippen LogP contribution in [0, 0.1) is 0 Å². The summed E-state index contributed by atoms with van der Waals surface area (Å²) in [5.74, 6) is 2.35. The summed E-state index contributed by atoms with van der Waals surface area (Å²) in [5.41, 5.74) is 4.20. The SMILES string of the molecule is COC(=O)/C=C/c1ccc(OCc2cc3c(cc2OCc2ccc(C(C)(C)C)cc2)OCCO3)cc1. The molecule has 0 saturated heterocycles. The highest BCUT2D eigenvalue weighted by Gasteiger charge is 2.18. The maximum Gasteiger partial charge on any atom is 0.330 e. The molecule has 1 aliphatic rings. The lowest BCUT2D eigenvalue weighted by atomic mass is 9.87. The van der Waals surface area contributed by atoms with Gasteiger partial charge in [0.05, 0.1) is 7.11 Å². The van der Waals surface area contributed by atoms with Crippen LogP contribution in [0.15, 0.2) is 66.7 Å². The Balaban J connectivity index is 1.46. The van der Waals surface area contributed by atoms with Crippen molar-refractivity contribution in [1.82, 2.24) is 0 Å². The summed E-state index contributed by atoms with van der Waals surface area (Å²) in [6.07, 6.45) is 3.07. The number of ether oxygens (including phenoxy) is 5. The van der Waals surface area contributed by atoms with Crippen molar-refractivity contribution < 1.29 is 28.5 Å². The van der Waals surface area contributed by atoms with Gasteiger partial charge in [-0.3, -0.25) is 0 Å². The maximum atomic E-state index is 11.3. The molecule has 3 aromatic carbocycles. The highest BCUT2D eigenvalue weighted by Crippen LogP contribution is 2.37. The second-order valence-corrected chi connectivity index (χ2v) is 9.55. The van der Waals surface area contributed by atoms with E-state index in [1.807, 2.05) is 36.4 Å². The van der Waals surface area contributed by atoms with Gasteiger partial charge in [0.25, 0.3) is 0 Å².